The lowest BCUT2D eigenvalue weighted by Crippen LogP contribution is -2.09. The second-order valence-electron chi connectivity index (χ2n) is 29.4. The summed E-state index contributed by atoms with van der Waals surface area (Å²) in [5.41, 5.74) is 20.9. The molecule has 4 aromatic heterocycles. The van der Waals surface area contributed by atoms with Gasteiger partial charge in [0.2, 0.25) is 0 Å². The summed E-state index contributed by atoms with van der Waals surface area (Å²) in [6.45, 7) is 0. The van der Waals surface area contributed by atoms with Gasteiger partial charge in [0.1, 0.15) is 46.0 Å². The zero-order chi connectivity index (χ0) is 86.2. The highest BCUT2D eigenvalue weighted by atomic mass is 32.1. The monoisotopic (exact) mass is 1720 g/mol. The molecule has 0 N–H and O–H groups in total. The molecule has 0 unspecified atom stereocenters. The van der Waals surface area contributed by atoms with Crippen molar-refractivity contribution in [2.45, 2.75) is 0 Å². The lowest BCUT2D eigenvalue weighted by atomic mass is 9.96. The van der Waals surface area contributed by atoms with Crippen molar-refractivity contribution in [2.24, 2.45) is 0 Å². The summed E-state index contributed by atoms with van der Waals surface area (Å²) in [5.74, 6) is 6.35. The topological polar surface area (TPSA) is 86.8 Å². The van der Waals surface area contributed by atoms with Gasteiger partial charge in [-0.05, 0) is 372 Å². The molecule has 0 bridgehead atoms. The van der Waals surface area contributed by atoms with E-state index < -0.39 is 0 Å². The van der Waals surface area contributed by atoms with Crippen LogP contribution in [0.2, 0.25) is 0 Å². The van der Waals surface area contributed by atoms with Crippen LogP contribution < -0.4 is 57.5 Å². The van der Waals surface area contributed by atoms with Crippen LogP contribution in [-0.4, -0.2) is 56.9 Å². The highest BCUT2D eigenvalue weighted by Crippen LogP contribution is 2.45. The number of ether oxygens (including phenoxy) is 8. The minimum Gasteiger partial charge on any atom is -0.497 e. The van der Waals surface area contributed by atoms with Gasteiger partial charge >= 0.3 is 0 Å². The largest absolute Gasteiger partial charge is 0.497 e. The second kappa shape index (κ2) is 39.2. The normalized spacial score (nSPS) is 11.4. The van der Waals surface area contributed by atoms with Crippen LogP contribution in [0.1, 0.15) is 41.8 Å². The van der Waals surface area contributed by atoms with Gasteiger partial charge in [-0.2, -0.15) is 0 Å². The van der Waals surface area contributed by atoms with Crippen LogP contribution in [0.15, 0.2) is 352 Å². The van der Waals surface area contributed by atoms with Gasteiger partial charge < -0.3 is 57.5 Å². The number of thiophene rings is 4. The van der Waals surface area contributed by atoms with Gasteiger partial charge in [0.05, 0.1) is 56.9 Å². The summed E-state index contributed by atoms with van der Waals surface area (Å²) in [7, 11) is 13.5. The molecule has 16 heteroatoms. The maximum atomic E-state index is 5.56. The third-order valence-corrected chi connectivity index (χ3v) is 26.2. The zero-order valence-electron chi connectivity index (χ0n) is 70.8. The molecular weight excluding hydrogens is 1630 g/mol. The summed E-state index contributed by atoms with van der Waals surface area (Å²) in [4.78, 5) is 18.1. The van der Waals surface area contributed by atoms with Gasteiger partial charge in [-0.3, -0.25) is 0 Å². The van der Waals surface area contributed by atoms with E-state index in [-0.39, 0.29) is 0 Å². The molecule has 0 saturated heterocycles. The minimum absolute atomic E-state index is 0.794. The molecule has 0 aliphatic heterocycles. The number of anilines is 12. The Morgan fingerprint density at radius 1 is 0.159 bits per heavy atom. The molecule has 126 heavy (non-hydrogen) atoms. The van der Waals surface area contributed by atoms with Gasteiger partial charge in [0, 0.05) is 107 Å². The van der Waals surface area contributed by atoms with Gasteiger partial charge in [-0.1, -0.05) is 72.8 Å². The van der Waals surface area contributed by atoms with Crippen LogP contribution in [0.5, 0.6) is 46.0 Å². The summed E-state index contributed by atoms with van der Waals surface area (Å²) in [6, 6.07) is 123. The van der Waals surface area contributed by atoms with E-state index in [2.05, 4.69) is 323 Å². The maximum Gasteiger partial charge on any atom is 0.119 e. The molecule has 0 aliphatic rings. The number of nitrogens with zero attached hydrogens (tertiary/aromatic N) is 4. The van der Waals surface area contributed by atoms with Crippen molar-refractivity contribution in [1.82, 2.24) is 0 Å². The van der Waals surface area contributed by atoms with E-state index in [1.54, 1.807) is 102 Å². The molecule has 622 valence electrons. The highest BCUT2D eigenvalue weighted by molar-refractivity contribution is 7.17. The smallest absolute Gasteiger partial charge is 0.119 e. The molecule has 0 atom stereocenters. The van der Waals surface area contributed by atoms with Crippen LogP contribution in [0, 0.1) is 0 Å². The molecule has 0 spiro atoms. The number of benzene rings is 13. The fraction of sp³-hybridized carbons (Fsp3) is 0.0727. The molecule has 13 aromatic carbocycles. The Kier molecular flexibility index (Phi) is 26.0. The van der Waals surface area contributed by atoms with E-state index in [0.717, 1.165) is 198 Å². The number of rotatable bonds is 32. The van der Waals surface area contributed by atoms with E-state index in [0.29, 0.717) is 0 Å². The Bertz CT molecular complexity index is 5630. The molecule has 0 saturated carbocycles. The van der Waals surface area contributed by atoms with Crippen molar-refractivity contribution in [3.05, 3.63) is 394 Å². The lowest BCUT2D eigenvalue weighted by molar-refractivity contribution is 0.414. The molecule has 0 fully saturated rings. The number of hydrogen-bond donors (Lipinski definition) is 0. The Hall–Kier alpha value is -14.8. The Balaban J connectivity index is 0.722. The summed E-state index contributed by atoms with van der Waals surface area (Å²) in [5, 5.41) is 0. The SMILES string of the molecule is COc1ccc(N(c2ccc(OC)cc2)c2ccc(-c3ccc(/C=C/c4cc(/C=C/c5ccc(-c6ccc(N(c7ccc(OC)cc7)c7ccc(OC)cc7)cc6)s5)c(/C=C/c5ccc(-c6ccc(N(c7ccc(OC)cc7)c7ccc(OC)cc7)cc6)s5)cc4/C=C/c4ccc(-c5ccc(N(c6ccc(OC)cc6)c6ccc(OC)cc6)cc5)s4)s3)cc2)cc1. The van der Waals surface area contributed by atoms with Crippen molar-refractivity contribution >= 4 is 162 Å². The molecule has 0 radical (unpaired) electrons. The minimum atomic E-state index is 0.794. The van der Waals surface area contributed by atoms with E-state index in [1.807, 2.05) is 97.1 Å². The first kappa shape index (κ1) is 83.5. The van der Waals surface area contributed by atoms with E-state index in [9.17, 15) is 0 Å². The van der Waals surface area contributed by atoms with Gasteiger partial charge in [0.15, 0.2) is 0 Å². The third-order valence-electron chi connectivity index (χ3n) is 21.8. The first-order valence-electron chi connectivity index (χ1n) is 41.0. The lowest BCUT2D eigenvalue weighted by Gasteiger charge is -2.26. The van der Waals surface area contributed by atoms with Crippen molar-refractivity contribution in [1.29, 1.82) is 0 Å². The Morgan fingerprint density at radius 2 is 0.294 bits per heavy atom. The summed E-state index contributed by atoms with van der Waals surface area (Å²) in [6.07, 6.45) is 18.1. The van der Waals surface area contributed by atoms with Crippen LogP contribution >= 0.6 is 45.3 Å². The quantitative estimate of drug-likeness (QED) is 0.0402. The van der Waals surface area contributed by atoms with E-state index in [1.165, 1.54) is 0 Å². The van der Waals surface area contributed by atoms with Crippen molar-refractivity contribution in [3.63, 3.8) is 0 Å². The second-order valence-corrected chi connectivity index (χ2v) is 33.8. The molecular formula is C110H90N4O8S4. The van der Waals surface area contributed by atoms with Crippen molar-refractivity contribution < 1.29 is 37.9 Å². The highest BCUT2D eigenvalue weighted by Gasteiger charge is 2.21. The van der Waals surface area contributed by atoms with Gasteiger partial charge in [0.25, 0.3) is 0 Å². The number of methoxy groups -OCH3 is 8. The fourth-order valence-corrected chi connectivity index (χ4v) is 18.7. The van der Waals surface area contributed by atoms with Crippen molar-refractivity contribution in [2.75, 3.05) is 76.5 Å². The molecule has 4 heterocycles. The zero-order valence-corrected chi connectivity index (χ0v) is 74.1. The average molecular weight is 1720 g/mol. The molecule has 17 rings (SSSR count). The predicted molar refractivity (Wildman–Crippen MR) is 532 cm³/mol. The number of hydrogen-bond acceptors (Lipinski definition) is 16. The predicted octanol–water partition coefficient (Wildman–Crippen LogP) is 31.2. The van der Waals surface area contributed by atoms with Gasteiger partial charge in [-0.15, -0.1) is 45.3 Å². The van der Waals surface area contributed by atoms with E-state index >= 15 is 0 Å². The fourth-order valence-electron chi connectivity index (χ4n) is 15.1. The standard InChI is InChI=1S/C110H90N4O8S4/c1-115-95-45-29-87(30-46-95)111(88-31-47-96(116-2)48-32-88)83-21-9-75(10-22-83)107-69-65-103(123-107)61-17-79-73-81(19-63-105-67-71-109(125-105)77-13-25-85(26-14-77)113(91-37-53-99(119-5)54-38-91)92-39-55-100(120-6)56-40-92)82(20-64-106-68-72-110(126-106)78-15-27-86(28-16-78)114(93-41-57-101(121-7)58-42-93)94-43-59-102(122-8)60-44-94)74-80(79)18-62-104-66-70-108(124-104)76-11-23-84(24-12-76)112(89-33-49-97(117-3)50-34-89)90-35-51-98(118-4)52-36-90/h9-74H,1-8H3/b61-17+,62-18+,63-19+,64-20+. The maximum absolute atomic E-state index is 5.56. The first-order chi connectivity index (χ1) is 61.9. The van der Waals surface area contributed by atoms with Crippen LogP contribution in [0.3, 0.4) is 0 Å². The average Bonchev–Trinajstić information content (AvgIpc) is 0.942. The van der Waals surface area contributed by atoms with Crippen molar-refractivity contribution in [3.8, 4) is 87.8 Å². The summed E-state index contributed by atoms with van der Waals surface area (Å²) >= 11 is 7.06. The van der Waals surface area contributed by atoms with Crippen LogP contribution in [0.4, 0.5) is 68.2 Å². The third kappa shape index (κ3) is 19.3. The molecule has 0 amide bonds. The Labute approximate surface area is 752 Å². The van der Waals surface area contributed by atoms with E-state index in [4.69, 9.17) is 37.9 Å². The molecule has 0 aliphatic carbocycles. The first-order valence-corrected chi connectivity index (χ1v) is 44.3. The van der Waals surface area contributed by atoms with Gasteiger partial charge in [-0.25, -0.2) is 0 Å². The summed E-state index contributed by atoms with van der Waals surface area (Å²) < 4.78 is 44.5. The van der Waals surface area contributed by atoms with Crippen LogP contribution in [-0.2, 0) is 0 Å². The van der Waals surface area contributed by atoms with Crippen LogP contribution in [0.25, 0.3) is 90.4 Å². The Morgan fingerprint density at radius 3 is 0.429 bits per heavy atom. The molecule has 12 nitrogen and oxygen atoms in total. The molecule has 17 aromatic rings.